The Kier molecular flexibility index (Phi) is 6.23. The molecule has 1 atom stereocenters. The van der Waals surface area contributed by atoms with Crippen molar-refractivity contribution in [1.29, 1.82) is 0 Å². The van der Waals surface area contributed by atoms with Gasteiger partial charge in [0.1, 0.15) is 0 Å². The molecule has 0 aliphatic heterocycles. The lowest BCUT2D eigenvalue weighted by molar-refractivity contribution is -0.121. The number of nitrogens with one attached hydrogen (secondary N) is 1. The highest BCUT2D eigenvalue weighted by atomic mass is 16.1. The van der Waals surface area contributed by atoms with Crippen molar-refractivity contribution in [3.8, 4) is 0 Å². The Morgan fingerprint density at radius 1 is 1.00 bits per heavy atom. The van der Waals surface area contributed by atoms with Crippen molar-refractivity contribution in [3.63, 3.8) is 0 Å². The molecule has 0 aliphatic carbocycles. The largest absolute Gasteiger partial charge is 0.356 e. The first-order chi connectivity index (χ1) is 14.7. The number of rotatable bonds is 8. The summed E-state index contributed by atoms with van der Waals surface area (Å²) < 4.78 is 2.15. The van der Waals surface area contributed by atoms with Crippen LogP contribution in [0, 0.1) is 0 Å². The first kappa shape index (κ1) is 19.9. The van der Waals surface area contributed by atoms with Crippen LogP contribution in [-0.4, -0.2) is 22.0 Å². The Morgan fingerprint density at radius 2 is 1.77 bits per heavy atom. The zero-order chi connectivity index (χ0) is 20.8. The fourth-order valence-corrected chi connectivity index (χ4v) is 4.06. The zero-order valence-electron chi connectivity index (χ0n) is 17.3. The van der Waals surface area contributed by atoms with E-state index in [1.807, 2.05) is 24.3 Å². The van der Waals surface area contributed by atoms with Gasteiger partial charge in [-0.1, -0.05) is 54.6 Å². The molecule has 0 spiro atoms. The summed E-state index contributed by atoms with van der Waals surface area (Å²) in [4.78, 5) is 17.1. The number of hydrogen-bond acceptors (Lipinski definition) is 2. The molecule has 0 saturated carbocycles. The minimum absolute atomic E-state index is 0.0831. The molecule has 2 heterocycles. The highest BCUT2D eigenvalue weighted by Gasteiger charge is 2.21. The monoisotopic (exact) mass is 397 g/mol. The molecule has 152 valence electrons. The third kappa shape index (κ3) is 4.77. The van der Waals surface area contributed by atoms with Gasteiger partial charge in [0.15, 0.2) is 0 Å². The third-order valence-corrected chi connectivity index (χ3v) is 5.55. The molecule has 2 aromatic heterocycles. The van der Waals surface area contributed by atoms with Crippen molar-refractivity contribution in [2.24, 2.45) is 7.05 Å². The molecule has 0 fully saturated rings. The van der Waals surface area contributed by atoms with E-state index in [1.54, 1.807) is 6.20 Å². The second-order valence-corrected chi connectivity index (χ2v) is 7.72. The number of amides is 1. The van der Waals surface area contributed by atoms with Gasteiger partial charge in [-0.15, -0.1) is 0 Å². The van der Waals surface area contributed by atoms with Gasteiger partial charge in [0.2, 0.25) is 5.91 Å². The number of para-hydroxylation sites is 1. The summed E-state index contributed by atoms with van der Waals surface area (Å²) in [6, 6.07) is 24.7. The molecular formula is C26H27N3O. The summed E-state index contributed by atoms with van der Waals surface area (Å²) in [6.45, 7) is 0.601. The lowest BCUT2D eigenvalue weighted by Gasteiger charge is -2.17. The Bertz CT molecular complexity index is 1100. The predicted octanol–water partition coefficient (Wildman–Crippen LogP) is 4.65. The Morgan fingerprint density at radius 3 is 2.57 bits per heavy atom. The first-order valence-corrected chi connectivity index (χ1v) is 10.4. The molecule has 1 N–H and O–H groups in total. The van der Waals surface area contributed by atoms with Crippen LogP contribution in [-0.2, 0) is 24.7 Å². The van der Waals surface area contributed by atoms with Crippen molar-refractivity contribution >= 4 is 16.8 Å². The van der Waals surface area contributed by atoms with E-state index in [4.69, 9.17) is 0 Å². The summed E-state index contributed by atoms with van der Waals surface area (Å²) in [7, 11) is 2.07. The molecule has 0 bridgehead atoms. The molecule has 30 heavy (non-hydrogen) atoms. The topological polar surface area (TPSA) is 46.9 Å². The predicted molar refractivity (Wildman–Crippen MR) is 121 cm³/mol. The maximum Gasteiger partial charge on any atom is 0.220 e. The number of fused-ring (bicyclic) bond motifs is 1. The van der Waals surface area contributed by atoms with Crippen molar-refractivity contribution in [2.45, 2.75) is 25.2 Å². The van der Waals surface area contributed by atoms with Gasteiger partial charge in [-0.25, -0.2) is 0 Å². The van der Waals surface area contributed by atoms with Crippen LogP contribution in [0.25, 0.3) is 10.9 Å². The van der Waals surface area contributed by atoms with E-state index in [0.717, 1.165) is 18.5 Å². The van der Waals surface area contributed by atoms with Gasteiger partial charge < -0.3 is 9.88 Å². The Balaban J connectivity index is 1.51. The molecule has 4 rings (SSSR count). The van der Waals surface area contributed by atoms with Gasteiger partial charge in [0, 0.05) is 55.4 Å². The van der Waals surface area contributed by atoms with E-state index in [0.29, 0.717) is 13.0 Å². The molecule has 0 radical (unpaired) electrons. The van der Waals surface area contributed by atoms with Crippen LogP contribution in [0.5, 0.6) is 0 Å². The second kappa shape index (κ2) is 9.40. The minimum Gasteiger partial charge on any atom is -0.356 e. The number of carbonyl (C=O) groups excluding carboxylic acids is 1. The molecule has 2 aromatic carbocycles. The van der Waals surface area contributed by atoms with E-state index < -0.39 is 0 Å². The van der Waals surface area contributed by atoms with E-state index in [9.17, 15) is 4.79 Å². The average molecular weight is 398 g/mol. The second-order valence-electron chi connectivity index (χ2n) is 7.72. The lowest BCUT2D eigenvalue weighted by atomic mass is 9.88. The Hall–Kier alpha value is -3.40. The third-order valence-electron chi connectivity index (χ3n) is 5.55. The standard InChI is InChI=1S/C26H27N3O/c1-29-19-24(23-12-5-6-13-25(23)29)21(17-20-9-3-2-4-10-20)18-26(30)28-16-14-22-11-7-8-15-27-22/h2-13,15,19,21H,14,16-18H2,1H3,(H,28,30). The number of aromatic nitrogens is 2. The van der Waals surface area contributed by atoms with Crippen LogP contribution < -0.4 is 5.32 Å². The van der Waals surface area contributed by atoms with Crippen molar-refractivity contribution < 1.29 is 4.79 Å². The van der Waals surface area contributed by atoms with Crippen LogP contribution in [0.1, 0.15) is 29.2 Å². The summed E-state index contributed by atoms with van der Waals surface area (Å²) in [5.41, 5.74) is 4.67. The summed E-state index contributed by atoms with van der Waals surface area (Å²) >= 11 is 0. The highest BCUT2D eigenvalue weighted by Crippen LogP contribution is 2.32. The molecule has 4 nitrogen and oxygen atoms in total. The zero-order valence-corrected chi connectivity index (χ0v) is 17.3. The maximum absolute atomic E-state index is 12.8. The smallest absolute Gasteiger partial charge is 0.220 e. The van der Waals surface area contributed by atoms with E-state index >= 15 is 0 Å². The molecular weight excluding hydrogens is 370 g/mol. The van der Waals surface area contributed by atoms with Gasteiger partial charge in [-0.3, -0.25) is 9.78 Å². The fraction of sp³-hybridized carbons (Fsp3) is 0.231. The molecule has 1 unspecified atom stereocenters. The van der Waals surface area contributed by atoms with Crippen LogP contribution >= 0.6 is 0 Å². The Labute approximate surface area is 177 Å². The van der Waals surface area contributed by atoms with E-state index in [-0.39, 0.29) is 11.8 Å². The normalized spacial score (nSPS) is 12.0. The minimum atomic E-state index is 0.0831. The molecule has 4 heteroatoms. The number of hydrogen-bond donors (Lipinski definition) is 1. The van der Waals surface area contributed by atoms with Gasteiger partial charge in [0.05, 0.1) is 0 Å². The van der Waals surface area contributed by atoms with Crippen LogP contribution in [0.2, 0.25) is 0 Å². The summed E-state index contributed by atoms with van der Waals surface area (Å²) in [6.07, 6.45) is 6.00. The van der Waals surface area contributed by atoms with Crippen molar-refractivity contribution in [3.05, 3.63) is 102 Å². The van der Waals surface area contributed by atoms with Crippen molar-refractivity contribution in [2.75, 3.05) is 6.54 Å². The summed E-state index contributed by atoms with van der Waals surface area (Å²) in [5, 5.41) is 4.31. The van der Waals surface area contributed by atoms with Crippen LogP contribution in [0.4, 0.5) is 0 Å². The van der Waals surface area contributed by atoms with Gasteiger partial charge in [-0.05, 0) is 41.7 Å². The number of carbonyl (C=O) groups is 1. The lowest BCUT2D eigenvalue weighted by Crippen LogP contribution is -2.27. The van der Waals surface area contributed by atoms with Crippen molar-refractivity contribution in [1.82, 2.24) is 14.9 Å². The molecule has 1 amide bonds. The number of benzene rings is 2. The molecule has 0 aliphatic rings. The van der Waals surface area contributed by atoms with E-state index in [2.05, 4.69) is 76.6 Å². The van der Waals surface area contributed by atoms with Crippen LogP contribution in [0.15, 0.2) is 85.2 Å². The highest BCUT2D eigenvalue weighted by molar-refractivity contribution is 5.86. The molecule has 0 saturated heterocycles. The quantitative estimate of drug-likeness (QED) is 0.470. The number of pyridine rings is 1. The van der Waals surface area contributed by atoms with Gasteiger partial charge in [-0.2, -0.15) is 0 Å². The summed E-state index contributed by atoms with van der Waals surface area (Å²) in [5.74, 6) is 0.202. The average Bonchev–Trinajstić information content (AvgIpc) is 3.12. The SMILES string of the molecule is Cn1cc(C(CC(=O)NCCc2ccccn2)Cc2ccccc2)c2ccccc21. The number of aryl methyl sites for hydroxylation is 1. The fourth-order valence-electron chi connectivity index (χ4n) is 4.06. The first-order valence-electron chi connectivity index (χ1n) is 10.4. The molecule has 4 aromatic rings. The van der Waals surface area contributed by atoms with Gasteiger partial charge >= 0.3 is 0 Å². The van der Waals surface area contributed by atoms with E-state index in [1.165, 1.54) is 22.0 Å². The number of nitrogens with zero attached hydrogens (tertiary/aromatic N) is 2. The van der Waals surface area contributed by atoms with Crippen LogP contribution in [0.3, 0.4) is 0 Å². The van der Waals surface area contributed by atoms with Gasteiger partial charge in [0.25, 0.3) is 0 Å². The maximum atomic E-state index is 12.8.